The van der Waals surface area contributed by atoms with Crippen molar-refractivity contribution in [3.8, 4) is 0 Å². The number of rotatable bonds is 5. The van der Waals surface area contributed by atoms with E-state index in [9.17, 15) is 0 Å². The average molecular weight is 241 g/mol. The van der Waals surface area contributed by atoms with Crippen LogP contribution in [0.15, 0.2) is 12.4 Å². The maximum absolute atomic E-state index is 5.02. The minimum Gasteiger partial charge on any atom is -0.383 e. The van der Waals surface area contributed by atoms with Gasteiger partial charge in [-0.3, -0.25) is 0 Å². The number of aromatic nitrogens is 2. The molecule has 1 aromatic rings. The van der Waals surface area contributed by atoms with E-state index in [0.717, 1.165) is 12.5 Å². The van der Waals surface area contributed by atoms with Gasteiger partial charge < -0.3 is 14.6 Å². The highest BCUT2D eigenvalue weighted by Crippen LogP contribution is 2.28. The van der Waals surface area contributed by atoms with Gasteiger partial charge in [0.15, 0.2) is 0 Å². The summed E-state index contributed by atoms with van der Waals surface area (Å²) in [4.78, 5) is 4.35. The molecule has 0 atom stereocenters. The zero-order chi connectivity index (χ0) is 11.2. The minimum absolute atomic E-state index is 0.619. The molecule has 2 rings (SSSR count). The molecule has 0 aromatic carbocycles. The Balaban J connectivity index is 1.94. The summed E-state index contributed by atoms with van der Waals surface area (Å²) in [5.74, 6) is 3.51. The summed E-state index contributed by atoms with van der Waals surface area (Å²) in [6, 6.07) is 0.619. The molecule has 1 saturated heterocycles. The van der Waals surface area contributed by atoms with E-state index >= 15 is 0 Å². The second-order valence-corrected chi connectivity index (χ2v) is 5.15. The zero-order valence-electron chi connectivity index (χ0n) is 9.69. The fraction of sp³-hybridized carbons (Fsp3) is 0.727. The standard InChI is InChI=1S/C11H19N3OS/c1-15-7-5-13-11-12-4-6-14(11)10-2-8-16-9-3-10/h4,6,10H,2-3,5,7-9H2,1H3,(H,12,13). The SMILES string of the molecule is COCCNc1nccn1C1CCSCC1. The predicted octanol–water partition coefficient (Wildman–Crippen LogP) is 2.01. The number of anilines is 1. The smallest absolute Gasteiger partial charge is 0.203 e. The summed E-state index contributed by atoms with van der Waals surface area (Å²) in [6.07, 6.45) is 6.45. The monoisotopic (exact) mass is 241 g/mol. The van der Waals surface area contributed by atoms with Crippen molar-refractivity contribution in [1.29, 1.82) is 0 Å². The van der Waals surface area contributed by atoms with Crippen LogP contribution in [-0.2, 0) is 4.74 Å². The third kappa shape index (κ3) is 2.92. The average Bonchev–Trinajstić information content (AvgIpc) is 2.79. The van der Waals surface area contributed by atoms with Gasteiger partial charge >= 0.3 is 0 Å². The van der Waals surface area contributed by atoms with Crippen LogP contribution in [0, 0.1) is 0 Å². The van der Waals surface area contributed by atoms with Crippen molar-refractivity contribution in [2.75, 3.05) is 37.1 Å². The fourth-order valence-electron chi connectivity index (χ4n) is 1.97. The highest BCUT2D eigenvalue weighted by atomic mass is 32.2. The topological polar surface area (TPSA) is 39.1 Å². The van der Waals surface area contributed by atoms with E-state index in [1.807, 2.05) is 18.0 Å². The van der Waals surface area contributed by atoms with Crippen LogP contribution in [0.25, 0.3) is 0 Å². The molecule has 1 N–H and O–H groups in total. The Morgan fingerprint density at radius 3 is 3.12 bits per heavy atom. The number of nitrogens with one attached hydrogen (secondary N) is 1. The lowest BCUT2D eigenvalue weighted by atomic mass is 10.1. The Hall–Kier alpha value is -0.680. The van der Waals surface area contributed by atoms with Crippen molar-refractivity contribution < 1.29 is 4.74 Å². The van der Waals surface area contributed by atoms with Crippen molar-refractivity contribution in [3.05, 3.63) is 12.4 Å². The number of methoxy groups -OCH3 is 1. The number of imidazole rings is 1. The quantitative estimate of drug-likeness (QED) is 0.800. The van der Waals surface area contributed by atoms with Crippen LogP contribution in [0.5, 0.6) is 0 Å². The summed E-state index contributed by atoms with van der Waals surface area (Å²) >= 11 is 2.05. The van der Waals surface area contributed by atoms with Crippen molar-refractivity contribution in [2.45, 2.75) is 18.9 Å². The number of hydrogen-bond acceptors (Lipinski definition) is 4. The molecular weight excluding hydrogens is 222 g/mol. The molecule has 0 unspecified atom stereocenters. The second-order valence-electron chi connectivity index (χ2n) is 3.92. The number of ether oxygens (including phenoxy) is 1. The van der Waals surface area contributed by atoms with E-state index in [0.29, 0.717) is 12.6 Å². The molecule has 0 bridgehead atoms. The van der Waals surface area contributed by atoms with Crippen LogP contribution < -0.4 is 5.32 Å². The van der Waals surface area contributed by atoms with E-state index < -0.39 is 0 Å². The maximum atomic E-state index is 5.02. The highest BCUT2D eigenvalue weighted by Gasteiger charge is 2.17. The molecule has 1 aliphatic rings. The first kappa shape index (κ1) is 11.8. The first-order valence-electron chi connectivity index (χ1n) is 5.75. The summed E-state index contributed by atoms with van der Waals surface area (Å²) in [6.45, 7) is 1.53. The molecule has 1 aliphatic heterocycles. The Labute approximate surface area is 101 Å². The number of nitrogens with zero attached hydrogens (tertiary/aromatic N) is 2. The van der Waals surface area contributed by atoms with Crippen molar-refractivity contribution in [2.24, 2.45) is 0 Å². The van der Waals surface area contributed by atoms with Gasteiger partial charge in [0.05, 0.1) is 6.61 Å². The van der Waals surface area contributed by atoms with Crippen LogP contribution in [0.2, 0.25) is 0 Å². The number of hydrogen-bond donors (Lipinski definition) is 1. The molecule has 0 saturated carbocycles. The normalized spacial score (nSPS) is 17.6. The van der Waals surface area contributed by atoms with Crippen LogP contribution >= 0.6 is 11.8 Å². The van der Waals surface area contributed by atoms with Crippen LogP contribution in [0.1, 0.15) is 18.9 Å². The Morgan fingerprint density at radius 1 is 1.56 bits per heavy atom. The van der Waals surface area contributed by atoms with Crippen LogP contribution in [0.3, 0.4) is 0 Å². The lowest BCUT2D eigenvalue weighted by Gasteiger charge is -2.24. The Morgan fingerprint density at radius 2 is 2.38 bits per heavy atom. The van der Waals surface area contributed by atoms with Gasteiger partial charge in [0.1, 0.15) is 0 Å². The molecule has 5 heteroatoms. The van der Waals surface area contributed by atoms with Gasteiger partial charge in [0, 0.05) is 32.1 Å². The molecule has 1 aromatic heterocycles. The van der Waals surface area contributed by atoms with Gasteiger partial charge in [0.25, 0.3) is 0 Å². The molecule has 90 valence electrons. The zero-order valence-corrected chi connectivity index (χ0v) is 10.5. The molecule has 0 spiro atoms. The van der Waals surface area contributed by atoms with Gasteiger partial charge in [-0.1, -0.05) is 0 Å². The number of thioether (sulfide) groups is 1. The van der Waals surface area contributed by atoms with Crippen molar-refractivity contribution in [1.82, 2.24) is 9.55 Å². The van der Waals surface area contributed by atoms with E-state index in [1.165, 1.54) is 24.3 Å². The molecule has 0 radical (unpaired) electrons. The maximum Gasteiger partial charge on any atom is 0.203 e. The van der Waals surface area contributed by atoms with Gasteiger partial charge in [-0.05, 0) is 24.3 Å². The van der Waals surface area contributed by atoms with Crippen LogP contribution in [-0.4, -0.2) is 41.3 Å². The molecule has 2 heterocycles. The van der Waals surface area contributed by atoms with Crippen LogP contribution in [0.4, 0.5) is 5.95 Å². The third-order valence-electron chi connectivity index (χ3n) is 2.84. The van der Waals surface area contributed by atoms with Crippen molar-refractivity contribution >= 4 is 17.7 Å². The van der Waals surface area contributed by atoms with E-state index in [-0.39, 0.29) is 0 Å². The lowest BCUT2D eigenvalue weighted by Crippen LogP contribution is -2.18. The third-order valence-corrected chi connectivity index (χ3v) is 3.89. The summed E-state index contributed by atoms with van der Waals surface area (Å²) < 4.78 is 7.30. The molecule has 0 amide bonds. The van der Waals surface area contributed by atoms with Gasteiger partial charge in [-0.2, -0.15) is 11.8 Å². The van der Waals surface area contributed by atoms with E-state index in [4.69, 9.17) is 4.74 Å². The van der Waals surface area contributed by atoms with Gasteiger partial charge in [0.2, 0.25) is 5.95 Å². The van der Waals surface area contributed by atoms with E-state index in [2.05, 4.69) is 21.1 Å². The Kier molecular flexibility index (Phi) is 4.54. The molecular formula is C11H19N3OS. The Bertz CT molecular complexity index is 310. The summed E-state index contributed by atoms with van der Waals surface area (Å²) in [5.41, 5.74) is 0. The first-order chi connectivity index (χ1) is 7.92. The first-order valence-corrected chi connectivity index (χ1v) is 6.90. The second kappa shape index (κ2) is 6.15. The van der Waals surface area contributed by atoms with Gasteiger partial charge in [-0.25, -0.2) is 4.98 Å². The fourth-order valence-corrected chi connectivity index (χ4v) is 3.05. The van der Waals surface area contributed by atoms with Crippen molar-refractivity contribution in [3.63, 3.8) is 0 Å². The predicted molar refractivity (Wildman–Crippen MR) is 68.2 cm³/mol. The highest BCUT2D eigenvalue weighted by molar-refractivity contribution is 7.99. The minimum atomic E-state index is 0.619. The molecule has 4 nitrogen and oxygen atoms in total. The molecule has 1 fully saturated rings. The summed E-state index contributed by atoms with van der Waals surface area (Å²) in [5, 5.41) is 3.31. The molecule has 16 heavy (non-hydrogen) atoms. The molecule has 0 aliphatic carbocycles. The largest absolute Gasteiger partial charge is 0.383 e. The lowest BCUT2D eigenvalue weighted by molar-refractivity contribution is 0.210. The van der Waals surface area contributed by atoms with E-state index in [1.54, 1.807) is 7.11 Å². The van der Waals surface area contributed by atoms with Gasteiger partial charge in [-0.15, -0.1) is 0 Å². The summed E-state index contributed by atoms with van der Waals surface area (Å²) in [7, 11) is 1.71.